The minimum Gasteiger partial charge on any atom is -0.493 e. The van der Waals surface area contributed by atoms with E-state index in [1.54, 1.807) is 7.11 Å². The fourth-order valence-corrected chi connectivity index (χ4v) is 2.52. The Hall–Kier alpha value is -1.47. The van der Waals surface area contributed by atoms with E-state index in [-0.39, 0.29) is 12.7 Å². The number of hydrogen-bond donors (Lipinski definition) is 2. The van der Waals surface area contributed by atoms with Crippen LogP contribution in [0.1, 0.15) is 5.56 Å². The summed E-state index contributed by atoms with van der Waals surface area (Å²) in [5.74, 6) is 1.25. The Labute approximate surface area is 125 Å². The second-order valence-electron chi connectivity index (χ2n) is 4.36. The molecule has 0 bridgehead atoms. The third-order valence-corrected chi connectivity index (χ3v) is 3.42. The quantitative estimate of drug-likeness (QED) is 0.821. The number of rotatable bonds is 6. The van der Waals surface area contributed by atoms with E-state index in [9.17, 15) is 4.79 Å². The first kappa shape index (κ1) is 14.9. The summed E-state index contributed by atoms with van der Waals surface area (Å²) in [6.07, 6.45) is -0.690. The number of benzene rings is 1. The Kier molecular flexibility index (Phi) is 5.08. The van der Waals surface area contributed by atoms with Crippen molar-refractivity contribution in [2.45, 2.75) is 12.6 Å². The second kappa shape index (κ2) is 6.81. The molecule has 2 rings (SSSR count). The Morgan fingerprint density at radius 3 is 2.95 bits per heavy atom. The minimum atomic E-state index is -0.408. The Morgan fingerprint density at radius 2 is 2.35 bits per heavy atom. The number of nitrogens with one attached hydrogen (secondary N) is 2. The molecule has 110 valence electrons. The maximum absolute atomic E-state index is 10.9. The summed E-state index contributed by atoms with van der Waals surface area (Å²) in [5.41, 5.74) is 1.08. The number of ether oxygens (including phenoxy) is 3. The number of amides is 1. The molecule has 0 saturated carbocycles. The van der Waals surface area contributed by atoms with Gasteiger partial charge >= 0.3 is 6.09 Å². The van der Waals surface area contributed by atoms with Crippen LogP contribution in [0.3, 0.4) is 0 Å². The van der Waals surface area contributed by atoms with E-state index < -0.39 is 6.09 Å². The molecule has 0 aliphatic carbocycles. The van der Waals surface area contributed by atoms with Crippen LogP contribution in [0.2, 0.25) is 0 Å². The van der Waals surface area contributed by atoms with Gasteiger partial charge in [-0.1, -0.05) is 0 Å². The van der Waals surface area contributed by atoms with Crippen molar-refractivity contribution in [1.29, 1.82) is 0 Å². The molecule has 1 aromatic rings. The summed E-state index contributed by atoms with van der Waals surface area (Å²) in [4.78, 5) is 10.9. The molecule has 1 amide bonds. The van der Waals surface area contributed by atoms with Gasteiger partial charge in [0, 0.05) is 6.54 Å². The van der Waals surface area contributed by atoms with Gasteiger partial charge in [-0.2, -0.15) is 0 Å². The number of carbonyl (C=O) groups is 1. The van der Waals surface area contributed by atoms with E-state index in [0.717, 1.165) is 16.6 Å². The number of cyclic esters (lactones) is 1. The van der Waals surface area contributed by atoms with Gasteiger partial charge in [0.05, 0.1) is 18.1 Å². The highest BCUT2D eigenvalue weighted by Gasteiger charge is 2.24. The first-order valence-electron chi connectivity index (χ1n) is 6.22. The van der Waals surface area contributed by atoms with Gasteiger partial charge in [0.15, 0.2) is 17.6 Å². The molecule has 1 atom stereocenters. The summed E-state index contributed by atoms with van der Waals surface area (Å²) >= 11 is 3.47. The second-order valence-corrected chi connectivity index (χ2v) is 5.21. The summed E-state index contributed by atoms with van der Waals surface area (Å²) in [5, 5.41) is 5.66. The minimum absolute atomic E-state index is 0.277. The zero-order chi connectivity index (χ0) is 14.5. The number of methoxy groups -OCH3 is 1. The van der Waals surface area contributed by atoms with E-state index in [0.29, 0.717) is 18.0 Å². The van der Waals surface area contributed by atoms with Crippen LogP contribution in [0, 0.1) is 0 Å². The molecule has 0 aromatic heterocycles. The average Bonchev–Trinajstić information content (AvgIpc) is 2.83. The number of carbonyl (C=O) groups excluding carboxylic acids is 1. The number of alkyl carbamates (subject to hydrolysis) is 1. The highest BCUT2D eigenvalue weighted by atomic mass is 79.9. The van der Waals surface area contributed by atoms with E-state index in [1.165, 1.54) is 0 Å². The van der Waals surface area contributed by atoms with Gasteiger partial charge < -0.3 is 24.8 Å². The van der Waals surface area contributed by atoms with Crippen LogP contribution >= 0.6 is 15.9 Å². The molecule has 0 spiro atoms. The van der Waals surface area contributed by atoms with Gasteiger partial charge in [-0.25, -0.2) is 4.79 Å². The fourth-order valence-electron chi connectivity index (χ4n) is 1.92. The summed E-state index contributed by atoms with van der Waals surface area (Å²) in [7, 11) is 3.47. The van der Waals surface area contributed by atoms with Crippen LogP contribution in [0.15, 0.2) is 16.6 Å². The average molecular weight is 345 g/mol. The zero-order valence-electron chi connectivity index (χ0n) is 11.4. The van der Waals surface area contributed by atoms with Crippen molar-refractivity contribution < 1.29 is 19.0 Å². The maximum Gasteiger partial charge on any atom is 0.407 e. The molecule has 2 N–H and O–H groups in total. The number of hydrogen-bond acceptors (Lipinski definition) is 5. The van der Waals surface area contributed by atoms with Crippen LogP contribution in [-0.2, 0) is 11.3 Å². The van der Waals surface area contributed by atoms with Gasteiger partial charge in [0.25, 0.3) is 0 Å². The van der Waals surface area contributed by atoms with Crippen molar-refractivity contribution in [3.05, 3.63) is 22.2 Å². The van der Waals surface area contributed by atoms with E-state index in [2.05, 4.69) is 26.6 Å². The molecule has 1 fully saturated rings. The van der Waals surface area contributed by atoms with E-state index >= 15 is 0 Å². The molecule has 1 saturated heterocycles. The molecular formula is C13H17BrN2O4. The van der Waals surface area contributed by atoms with Crippen LogP contribution in [0.4, 0.5) is 4.79 Å². The van der Waals surface area contributed by atoms with Crippen molar-refractivity contribution >= 4 is 22.0 Å². The largest absolute Gasteiger partial charge is 0.493 e. The Bertz CT molecular complexity index is 496. The lowest BCUT2D eigenvalue weighted by atomic mass is 10.2. The van der Waals surface area contributed by atoms with Crippen LogP contribution in [0.25, 0.3) is 0 Å². The monoisotopic (exact) mass is 344 g/mol. The Morgan fingerprint density at radius 1 is 1.55 bits per heavy atom. The molecule has 6 nitrogen and oxygen atoms in total. The van der Waals surface area contributed by atoms with Crippen molar-refractivity contribution in [1.82, 2.24) is 10.6 Å². The standard InChI is InChI=1S/C13H17BrN2O4/c1-15-5-8-3-10(14)12(11(4-8)18-2)19-7-9-6-16-13(17)20-9/h3-4,9,15H,5-7H2,1-2H3,(H,16,17). The highest BCUT2D eigenvalue weighted by Crippen LogP contribution is 2.36. The van der Waals surface area contributed by atoms with Gasteiger partial charge in [-0.05, 0) is 40.7 Å². The van der Waals surface area contributed by atoms with Crippen molar-refractivity contribution in [2.24, 2.45) is 0 Å². The van der Waals surface area contributed by atoms with Crippen LogP contribution in [-0.4, -0.2) is 39.5 Å². The van der Waals surface area contributed by atoms with Crippen LogP contribution < -0.4 is 20.1 Å². The molecule has 20 heavy (non-hydrogen) atoms. The van der Waals surface area contributed by atoms with E-state index in [4.69, 9.17) is 14.2 Å². The van der Waals surface area contributed by atoms with Crippen LogP contribution in [0.5, 0.6) is 11.5 Å². The first-order valence-corrected chi connectivity index (χ1v) is 7.01. The normalized spacial score (nSPS) is 17.6. The van der Waals surface area contributed by atoms with E-state index in [1.807, 2.05) is 19.2 Å². The molecule has 1 aromatic carbocycles. The summed E-state index contributed by atoms with van der Waals surface area (Å²) in [6, 6.07) is 3.88. The molecule has 7 heteroatoms. The lowest BCUT2D eigenvalue weighted by Crippen LogP contribution is -2.22. The van der Waals surface area contributed by atoms with Gasteiger partial charge in [0.2, 0.25) is 0 Å². The highest BCUT2D eigenvalue weighted by molar-refractivity contribution is 9.10. The third-order valence-electron chi connectivity index (χ3n) is 2.83. The lowest BCUT2D eigenvalue weighted by Gasteiger charge is -2.16. The van der Waals surface area contributed by atoms with Gasteiger partial charge in [-0.15, -0.1) is 0 Å². The predicted octanol–water partition coefficient (Wildman–Crippen LogP) is 1.66. The molecule has 0 radical (unpaired) electrons. The topological polar surface area (TPSA) is 68.8 Å². The zero-order valence-corrected chi connectivity index (χ0v) is 13.0. The molecule has 1 aliphatic heterocycles. The lowest BCUT2D eigenvalue weighted by molar-refractivity contribution is 0.103. The molecule has 1 aliphatic rings. The summed E-state index contributed by atoms with van der Waals surface area (Å²) < 4.78 is 16.9. The summed E-state index contributed by atoms with van der Waals surface area (Å²) in [6.45, 7) is 1.47. The van der Waals surface area contributed by atoms with Crippen molar-refractivity contribution in [3.63, 3.8) is 0 Å². The first-order chi connectivity index (χ1) is 9.63. The number of halogens is 1. The predicted molar refractivity (Wildman–Crippen MR) is 77.2 cm³/mol. The van der Waals surface area contributed by atoms with Crippen molar-refractivity contribution in [2.75, 3.05) is 27.3 Å². The molecular weight excluding hydrogens is 328 g/mol. The van der Waals surface area contributed by atoms with Gasteiger partial charge in [0.1, 0.15) is 6.61 Å². The van der Waals surface area contributed by atoms with Gasteiger partial charge in [-0.3, -0.25) is 0 Å². The Balaban J connectivity index is 2.08. The fraction of sp³-hybridized carbons (Fsp3) is 0.462. The molecule has 1 heterocycles. The molecule has 1 unspecified atom stereocenters. The smallest absolute Gasteiger partial charge is 0.407 e. The van der Waals surface area contributed by atoms with Crippen molar-refractivity contribution in [3.8, 4) is 11.5 Å². The maximum atomic E-state index is 10.9. The third kappa shape index (κ3) is 3.55. The SMILES string of the molecule is CNCc1cc(Br)c(OCC2CNC(=O)O2)c(OC)c1.